The van der Waals surface area contributed by atoms with Crippen molar-refractivity contribution in [3.05, 3.63) is 188 Å². The second-order valence-corrected chi connectivity index (χ2v) is 14.9. The molecular formula is C52H37N9. The van der Waals surface area contributed by atoms with Crippen LogP contribution in [0.15, 0.2) is 182 Å². The van der Waals surface area contributed by atoms with Gasteiger partial charge in [0, 0.05) is 50.4 Å². The van der Waals surface area contributed by atoms with Crippen LogP contribution in [0.25, 0.3) is 102 Å². The van der Waals surface area contributed by atoms with Gasteiger partial charge in [-0.05, 0) is 29.0 Å². The third-order valence-electron chi connectivity index (χ3n) is 10.3. The molecule has 0 aliphatic rings. The highest BCUT2D eigenvalue weighted by Crippen LogP contribution is 2.35. The average molecular weight is 788 g/mol. The molecule has 3 aromatic heterocycles. The zero-order valence-corrected chi connectivity index (χ0v) is 33.4. The molecule has 7 aromatic carbocycles. The van der Waals surface area contributed by atoms with Crippen LogP contribution in [0.3, 0.4) is 0 Å². The molecule has 10 aromatic rings. The lowest BCUT2D eigenvalue weighted by molar-refractivity contribution is 0.766. The minimum atomic E-state index is 0.102. The fourth-order valence-electron chi connectivity index (χ4n) is 7.20. The lowest BCUT2D eigenvalue weighted by Gasteiger charge is -2.13. The molecule has 290 valence electrons. The van der Waals surface area contributed by atoms with Crippen molar-refractivity contribution in [3.63, 3.8) is 0 Å². The van der Waals surface area contributed by atoms with Crippen molar-refractivity contribution in [2.24, 2.45) is 0 Å². The van der Waals surface area contributed by atoms with E-state index in [-0.39, 0.29) is 5.92 Å². The summed E-state index contributed by atoms with van der Waals surface area (Å²) in [5, 5.41) is 1.98. The van der Waals surface area contributed by atoms with E-state index in [0.29, 0.717) is 46.6 Å². The number of fused-ring (bicyclic) bond motifs is 1. The van der Waals surface area contributed by atoms with Gasteiger partial charge in [0.05, 0.1) is 0 Å². The molecule has 0 N–H and O–H groups in total. The maximum absolute atomic E-state index is 5.23. The van der Waals surface area contributed by atoms with Crippen LogP contribution in [-0.4, -0.2) is 44.9 Å². The molecule has 0 aliphatic heterocycles. The van der Waals surface area contributed by atoms with Gasteiger partial charge in [-0.2, -0.15) is 0 Å². The Morgan fingerprint density at radius 1 is 0.279 bits per heavy atom. The minimum Gasteiger partial charge on any atom is -0.213 e. The fraction of sp³-hybridized carbons (Fsp3) is 0.0577. The van der Waals surface area contributed by atoms with Crippen molar-refractivity contribution >= 4 is 10.8 Å². The Kier molecular flexibility index (Phi) is 9.88. The molecule has 10 rings (SSSR count). The van der Waals surface area contributed by atoms with Crippen molar-refractivity contribution in [1.82, 2.24) is 44.9 Å². The zero-order chi connectivity index (χ0) is 41.1. The van der Waals surface area contributed by atoms with Gasteiger partial charge in [-0.1, -0.05) is 178 Å². The van der Waals surface area contributed by atoms with Crippen LogP contribution >= 0.6 is 0 Å². The highest BCUT2D eigenvalue weighted by molar-refractivity contribution is 5.98. The van der Waals surface area contributed by atoms with Crippen molar-refractivity contribution < 1.29 is 0 Å². The first kappa shape index (κ1) is 37.1. The summed E-state index contributed by atoms with van der Waals surface area (Å²) in [5.74, 6) is 5.32. The maximum Gasteiger partial charge on any atom is 0.164 e. The van der Waals surface area contributed by atoms with E-state index in [2.05, 4.69) is 38.1 Å². The van der Waals surface area contributed by atoms with Gasteiger partial charge < -0.3 is 0 Å². The van der Waals surface area contributed by atoms with E-state index in [9.17, 15) is 0 Å². The molecule has 0 aliphatic carbocycles. The standard InChI is InChI=1S/C52H37N9/c1-33(2)44-53-45(34-18-7-3-8-19-34)56-49(54-44)39-27-17-28-40(31-39)50-57-48(37-24-13-6-14-25-37)60-52(61-50)43-32-41(30-38-26-15-16-29-42(38)43)51-58-46(35-20-9-4-10-21-35)55-47(59-51)36-22-11-5-12-23-36/h3-33H,1-2H3. The molecule has 0 amide bonds. The first-order valence-corrected chi connectivity index (χ1v) is 20.2. The van der Waals surface area contributed by atoms with Crippen LogP contribution in [0, 0.1) is 0 Å². The quantitative estimate of drug-likeness (QED) is 0.141. The summed E-state index contributed by atoms with van der Waals surface area (Å²) in [6.07, 6.45) is 0. The second-order valence-electron chi connectivity index (χ2n) is 14.9. The number of aromatic nitrogens is 9. The molecule has 0 fully saturated rings. The van der Waals surface area contributed by atoms with E-state index in [1.165, 1.54) is 0 Å². The van der Waals surface area contributed by atoms with Crippen LogP contribution in [-0.2, 0) is 0 Å². The van der Waals surface area contributed by atoms with Crippen LogP contribution in [0.1, 0.15) is 25.6 Å². The van der Waals surface area contributed by atoms with Crippen LogP contribution in [0.5, 0.6) is 0 Å². The normalized spacial score (nSPS) is 11.3. The molecule has 9 nitrogen and oxygen atoms in total. The summed E-state index contributed by atoms with van der Waals surface area (Å²) >= 11 is 0. The predicted octanol–water partition coefficient (Wildman–Crippen LogP) is 11.9. The van der Waals surface area contributed by atoms with Crippen molar-refractivity contribution in [1.29, 1.82) is 0 Å². The maximum atomic E-state index is 5.23. The van der Waals surface area contributed by atoms with Gasteiger partial charge in [0.2, 0.25) is 0 Å². The van der Waals surface area contributed by atoms with E-state index in [1.54, 1.807) is 0 Å². The topological polar surface area (TPSA) is 116 Å². The summed E-state index contributed by atoms with van der Waals surface area (Å²) in [6.45, 7) is 4.18. The van der Waals surface area contributed by atoms with E-state index in [0.717, 1.165) is 61.1 Å². The van der Waals surface area contributed by atoms with Gasteiger partial charge in [-0.15, -0.1) is 0 Å². The molecule has 0 radical (unpaired) electrons. The zero-order valence-electron chi connectivity index (χ0n) is 33.4. The fourth-order valence-corrected chi connectivity index (χ4v) is 7.20. The van der Waals surface area contributed by atoms with Crippen LogP contribution in [0.2, 0.25) is 0 Å². The first-order chi connectivity index (χ1) is 30.0. The largest absolute Gasteiger partial charge is 0.213 e. The second kappa shape index (κ2) is 16.2. The van der Waals surface area contributed by atoms with E-state index < -0.39 is 0 Å². The van der Waals surface area contributed by atoms with E-state index in [1.807, 2.05) is 158 Å². The third-order valence-corrected chi connectivity index (χ3v) is 10.3. The average Bonchev–Trinajstić information content (AvgIpc) is 3.34. The molecule has 0 spiro atoms. The molecule has 0 bridgehead atoms. The Hall–Kier alpha value is -8.17. The van der Waals surface area contributed by atoms with Gasteiger partial charge >= 0.3 is 0 Å². The Balaban J connectivity index is 1.15. The SMILES string of the molecule is CC(C)c1nc(-c2ccccc2)nc(-c2cccc(-c3nc(-c4ccccc4)nc(-c4cc(-c5nc(-c6ccccc6)nc(-c6ccccc6)n5)cc5ccccc45)n3)c2)n1. The Morgan fingerprint density at radius 3 is 1.08 bits per heavy atom. The highest BCUT2D eigenvalue weighted by atomic mass is 15.1. The lowest BCUT2D eigenvalue weighted by atomic mass is 9.99. The van der Waals surface area contributed by atoms with Gasteiger partial charge in [0.1, 0.15) is 5.82 Å². The monoisotopic (exact) mass is 787 g/mol. The summed E-state index contributed by atoms with van der Waals surface area (Å²) in [7, 11) is 0. The van der Waals surface area contributed by atoms with Crippen molar-refractivity contribution in [2.75, 3.05) is 0 Å². The van der Waals surface area contributed by atoms with E-state index >= 15 is 0 Å². The van der Waals surface area contributed by atoms with E-state index in [4.69, 9.17) is 44.9 Å². The molecule has 61 heavy (non-hydrogen) atoms. The number of nitrogens with zero attached hydrogens (tertiary/aromatic N) is 9. The summed E-state index contributed by atoms with van der Waals surface area (Å²) in [4.78, 5) is 45.2. The molecule has 0 unspecified atom stereocenters. The number of hydrogen-bond acceptors (Lipinski definition) is 9. The van der Waals surface area contributed by atoms with Crippen molar-refractivity contribution in [3.8, 4) is 91.1 Å². The van der Waals surface area contributed by atoms with Gasteiger partial charge in [-0.3, -0.25) is 0 Å². The third kappa shape index (κ3) is 7.75. The molecule has 0 saturated carbocycles. The predicted molar refractivity (Wildman–Crippen MR) is 242 cm³/mol. The van der Waals surface area contributed by atoms with Gasteiger partial charge in [-0.25, -0.2) is 44.9 Å². The molecule has 3 heterocycles. The van der Waals surface area contributed by atoms with Crippen molar-refractivity contribution in [2.45, 2.75) is 19.8 Å². The molecular weight excluding hydrogens is 751 g/mol. The summed E-state index contributed by atoms with van der Waals surface area (Å²) in [5.41, 5.74) is 6.84. The van der Waals surface area contributed by atoms with Gasteiger partial charge in [0.25, 0.3) is 0 Å². The van der Waals surface area contributed by atoms with Crippen LogP contribution in [0.4, 0.5) is 0 Å². The smallest absolute Gasteiger partial charge is 0.164 e. The molecule has 0 saturated heterocycles. The Bertz CT molecular complexity index is 3100. The summed E-state index contributed by atoms with van der Waals surface area (Å²) < 4.78 is 0. The number of rotatable bonds is 9. The van der Waals surface area contributed by atoms with Gasteiger partial charge in [0.15, 0.2) is 46.6 Å². The lowest BCUT2D eigenvalue weighted by Crippen LogP contribution is -2.05. The summed E-state index contributed by atoms with van der Waals surface area (Å²) in [6, 6.07) is 60.4. The Labute approximate surface area is 353 Å². The number of benzene rings is 7. The molecule has 0 atom stereocenters. The Morgan fingerprint density at radius 2 is 0.623 bits per heavy atom. The molecule has 9 heteroatoms. The first-order valence-electron chi connectivity index (χ1n) is 20.2. The highest BCUT2D eigenvalue weighted by Gasteiger charge is 2.20. The van der Waals surface area contributed by atoms with Crippen LogP contribution < -0.4 is 0 Å². The minimum absolute atomic E-state index is 0.102. The number of hydrogen-bond donors (Lipinski definition) is 0.